The molecule has 0 spiro atoms. The second-order valence-electron chi connectivity index (χ2n) is 5.74. The number of ether oxygens (including phenoxy) is 1. The molecule has 2 aromatic rings. The Balaban J connectivity index is 2.03. The zero-order valence-corrected chi connectivity index (χ0v) is 16.3. The van der Waals surface area contributed by atoms with E-state index in [0.717, 1.165) is 21.2 Å². The highest BCUT2D eigenvalue weighted by Crippen LogP contribution is 2.29. The van der Waals surface area contributed by atoms with Crippen molar-refractivity contribution >= 4 is 34.1 Å². The molecular formula is C17H23N3O2S2. The first-order chi connectivity index (χ1) is 11.4. The summed E-state index contributed by atoms with van der Waals surface area (Å²) in [6.45, 7) is 10.1. The van der Waals surface area contributed by atoms with Gasteiger partial charge in [-0.25, -0.2) is 0 Å². The smallest absolute Gasteiger partial charge is 0.267 e. The number of amides is 1. The average Bonchev–Trinajstić information content (AvgIpc) is 2.94. The van der Waals surface area contributed by atoms with Crippen molar-refractivity contribution in [2.45, 2.75) is 56.7 Å². The second-order valence-corrected chi connectivity index (χ2v) is 8.54. The third-order valence-electron chi connectivity index (χ3n) is 3.46. The third-order valence-corrected chi connectivity index (χ3v) is 5.39. The van der Waals surface area contributed by atoms with Crippen molar-refractivity contribution in [1.82, 2.24) is 10.2 Å². The number of thioether (sulfide) groups is 1. The predicted molar refractivity (Wildman–Crippen MR) is 100 cm³/mol. The van der Waals surface area contributed by atoms with Gasteiger partial charge in [0.1, 0.15) is 5.75 Å². The van der Waals surface area contributed by atoms with E-state index in [9.17, 15) is 4.79 Å². The summed E-state index contributed by atoms with van der Waals surface area (Å²) in [5.41, 5.74) is 2.19. The number of carbonyl (C=O) groups is 1. The van der Waals surface area contributed by atoms with Gasteiger partial charge in [-0.05, 0) is 37.5 Å². The van der Waals surface area contributed by atoms with Crippen LogP contribution in [0.15, 0.2) is 22.5 Å². The lowest BCUT2D eigenvalue weighted by Crippen LogP contribution is -2.32. The SMILES string of the molecule is CC[C@H](Oc1cccc(C)c1C)C(=O)Nc1nnc(SC(C)C)s1. The van der Waals surface area contributed by atoms with Gasteiger partial charge in [-0.2, -0.15) is 0 Å². The van der Waals surface area contributed by atoms with Crippen molar-refractivity contribution in [3.63, 3.8) is 0 Å². The summed E-state index contributed by atoms with van der Waals surface area (Å²) in [5.74, 6) is 0.543. The molecule has 24 heavy (non-hydrogen) atoms. The minimum atomic E-state index is -0.560. The van der Waals surface area contributed by atoms with Crippen LogP contribution in [0.3, 0.4) is 0 Å². The number of nitrogens with one attached hydrogen (secondary N) is 1. The molecule has 1 aromatic heterocycles. The first kappa shape index (κ1) is 18.7. The summed E-state index contributed by atoms with van der Waals surface area (Å²) >= 11 is 3.01. The molecule has 1 amide bonds. The monoisotopic (exact) mass is 365 g/mol. The molecule has 1 atom stereocenters. The highest BCUT2D eigenvalue weighted by Gasteiger charge is 2.21. The molecule has 2 rings (SSSR count). The number of rotatable bonds is 7. The minimum Gasteiger partial charge on any atom is -0.480 e. The average molecular weight is 366 g/mol. The van der Waals surface area contributed by atoms with Gasteiger partial charge in [0.25, 0.3) is 5.91 Å². The molecule has 0 fully saturated rings. The van der Waals surface area contributed by atoms with Gasteiger partial charge < -0.3 is 4.74 Å². The maximum Gasteiger partial charge on any atom is 0.267 e. The summed E-state index contributed by atoms with van der Waals surface area (Å²) in [5, 5.41) is 11.8. The lowest BCUT2D eigenvalue weighted by molar-refractivity contribution is -0.122. The van der Waals surface area contributed by atoms with E-state index in [-0.39, 0.29) is 5.91 Å². The van der Waals surface area contributed by atoms with Gasteiger partial charge in [-0.3, -0.25) is 10.1 Å². The molecule has 7 heteroatoms. The van der Waals surface area contributed by atoms with Crippen LogP contribution in [0.2, 0.25) is 0 Å². The molecule has 0 unspecified atom stereocenters. The Morgan fingerprint density at radius 2 is 2.08 bits per heavy atom. The van der Waals surface area contributed by atoms with E-state index in [2.05, 4.69) is 29.4 Å². The predicted octanol–water partition coefficient (Wildman–Crippen LogP) is 4.45. The van der Waals surface area contributed by atoms with Crippen LogP contribution in [0.1, 0.15) is 38.3 Å². The molecule has 0 aliphatic heterocycles. The van der Waals surface area contributed by atoms with E-state index in [1.807, 2.05) is 39.0 Å². The van der Waals surface area contributed by atoms with Crippen LogP contribution < -0.4 is 10.1 Å². The van der Waals surface area contributed by atoms with E-state index in [1.165, 1.54) is 11.3 Å². The quantitative estimate of drug-likeness (QED) is 0.580. The summed E-state index contributed by atoms with van der Waals surface area (Å²) in [4.78, 5) is 12.5. The first-order valence-electron chi connectivity index (χ1n) is 7.94. The topological polar surface area (TPSA) is 64.1 Å². The molecule has 0 radical (unpaired) electrons. The zero-order chi connectivity index (χ0) is 17.7. The maximum absolute atomic E-state index is 12.5. The standard InChI is InChI=1S/C17H23N3O2S2/c1-6-13(22-14-9-7-8-11(4)12(14)5)15(21)18-16-19-20-17(24-16)23-10(2)3/h7-10,13H,6H2,1-5H3,(H,18,19,21)/t13-/m0/s1. The number of hydrogen-bond acceptors (Lipinski definition) is 6. The second kappa shape index (κ2) is 8.48. The largest absolute Gasteiger partial charge is 0.480 e. The number of nitrogens with zero attached hydrogens (tertiary/aromatic N) is 2. The Hall–Kier alpha value is -1.60. The van der Waals surface area contributed by atoms with Gasteiger partial charge in [0.2, 0.25) is 5.13 Å². The first-order valence-corrected chi connectivity index (χ1v) is 9.64. The van der Waals surface area contributed by atoms with Gasteiger partial charge in [0.05, 0.1) is 0 Å². The number of hydrogen-bond donors (Lipinski definition) is 1. The van der Waals surface area contributed by atoms with Crippen molar-refractivity contribution in [3.8, 4) is 5.75 Å². The molecule has 0 aliphatic rings. The molecule has 0 saturated heterocycles. The summed E-state index contributed by atoms with van der Waals surface area (Å²) in [6.07, 6.45) is 0.0154. The fourth-order valence-electron chi connectivity index (χ4n) is 2.02. The Labute approximate surface area is 151 Å². The van der Waals surface area contributed by atoms with Gasteiger partial charge in [-0.1, -0.05) is 56.0 Å². The Kier molecular flexibility index (Phi) is 6.62. The summed E-state index contributed by atoms with van der Waals surface area (Å²) in [6, 6.07) is 5.85. The van der Waals surface area contributed by atoms with Crippen LogP contribution in [0.4, 0.5) is 5.13 Å². The number of aromatic nitrogens is 2. The molecule has 0 bridgehead atoms. The fraction of sp³-hybridized carbons (Fsp3) is 0.471. The van der Waals surface area contributed by atoms with Crippen molar-refractivity contribution in [2.24, 2.45) is 0 Å². The Morgan fingerprint density at radius 3 is 2.75 bits per heavy atom. The van der Waals surface area contributed by atoms with E-state index in [1.54, 1.807) is 11.8 Å². The molecule has 1 aromatic carbocycles. The van der Waals surface area contributed by atoms with Crippen LogP contribution in [0, 0.1) is 13.8 Å². The Morgan fingerprint density at radius 1 is 1.33 bits per heavy atom. The lowest BCUT2D eigenvalue weighted by Gasteiger charge is -2.18. The fourth-order valence-corrected chi connectivity index (χ4v) is 4.00. The maximum atomic E-state index is 12.5. The van der Waals surface area contributed by atoms with Crippen molar-refractivity contribution in [2.75, 3.05) is 5.32 Å². The normalized spacial score (nSPS) is 12.2. The highest BCUT2D eigenvalue weighted by atomic mass is 32.2. The molecule has 130 valence electrons. The van der Waals surface area contributed by atoms with Gasteiger partial charge in [-0.15, -0.1) is 10.2 Å². The number of anilines is 1. The minimum absolute atomic E-state index is 0.198. The summed E-state index contributed by atoms with van der Waals surface area (Å²) < 4.78 is 6.77. The lowest BCUT2D eigenvalue weighted by atomic mass is 10.1. The van der Waals surface area contributed by atoms with E-state index >= 15 is 0 Å². The highest BCUT2D eigenvalue weighted by molar-refractivity contribution is 8.01. The molecule has 1 N–H and O–H groups in total. The summed E-state index contributed by atoms with van der Waals surface area (Å²) in [7, 11) is 0. The van der Waals surface area contributed by atoms with Gasteiger partial charge in [0.15, 0.2) is 10.4 Å². The Bertz CT molecular complexity index is 701. The van der Waals surface area contributed by atoms with E-state index in [4.69, 9.17) is 4.74 Å². The van der Waals surface area contributed by atoms with Crippen molar-refractivity contribution in [1.29, 1.82) is 0 Å². The van der Waals surface area contributed by atoms with Crippen LogP contribution in [-0.2, 0) is 4.79 Å². The van der Waals surface area contributed by atoms with E-state index in [0.29, 0.717) is 16.8 Å². The van der Waals surface area contributed by atoms with Gasteiger partial charge in [0, 0.05) is 5.25 Å². The number of benzene rings is 1. The van der Waals surface area contributed by atoms with Crippen LogP contribution in [0.5, 0.6) is 5.75 Å². The molecular weight excluding hydrogens is 342 g/mol. The van der Waals surface area contributed by atoms with Crippen LogP contribution >= 0.6 is 23.1 Å². The zero-order valence-electron chi connectivity index (χ0n) is 14.6. The molecule has 0 saturated carbocycles. The molecule has 0 aliphatic carbocycles. The van der Waals surface area contributed by atoms with Gasteiger partial charge >= 0.3 is 0 Å². The number of carbonyl (C=O) groups excluding carboxylic acids is 1. The van der Waals surface area contributed by atoms with Crippen molar-refractivity contribution < 1.29 is 9.53 Å². The molecule has 1 heterocycles. The van der Waals surface area contributed by atoms with Crippen LogP contribution in [-0.4, -0.2) is 27.5 Å². The van der Waals surface area contributed by atoms with Crippen LogP contribution in [0.25, 0.3) is 0 Å². The number of aryl methyl sites for hydroxylation is 1. The molecule has 5 nitrogen and oxygen atoms in total. The van der Waals surface area contributed by atoms with Crippen molar-refractivity contribution in [3.05, 3.63) is 29.3 Å². The third kappa shape index (κ3) is 4.95. The van der Waals surface area contributed by atoms with E-state index < -0.39 is 6.10 Å².